The zero-order valence-electron chi connectivity index (χ0n) is 14.1. The molecule has 0 aliphatic rings. The molecule has 0 atom stereocenters. The minimum atomic E-state index is -0.333. The van der Waals surface area contributed by atoms with Gasteiger partial charge in [-0.3, -0.25) is 9.78 Å². The number of amides is 1. The summed E-state index contributed by atoms with van der Waals surface area (Å²) in [5.74, 6) is 0.167. The van der Waals surface area contributed by atoms with Gasteiger partial charge in [-0.2, -0.15) is 5.10 Å². The summed E-state index contributed by atoms with van der Waals surface area (Å²) in [5.41, 5.74) is 5.46. The second kappa shape index (κ2) is 9.34. The third-order valence-corrected chi connectivity index (χ3v) is 3.62. The predicted molar refractivity (Wildman–Crippen MR) is 104 cm³/mol. The van der Waals surface area contributed by atoms with E-state index in [0.717, 1.165) is 11.1 Å². The van der Waals surface area contributed by atoms with E-state index in [4.69, 9.17) is 4.74 Å². The standard InChI is InChI=1S/C20H17N3O2.ClH/c1-25-18-10-6-5-9-17(18)20(24)23-22-19(15-7-3-2-4-8-15)16-11-13-21-14-12-16;/h2-14H,1H3,(H,23,24);1H. The van der Waals surface area contributed by atoms with Gasteiger partial charge >= 0.3 is 0 Å². The minimum Gasteiger partial charge on any atom is -0.496 e. The molecule has 6 heteroatoms. The number of nitrogens with zero attached hydrogens (tertiary/aromatic N) is 2. The van der Waals surface area contributed by atoms with E-state index in [9.17, 15) is 4.79 Å². The van der Waals surface area contributed by atoms with Crippen LogP contribution in [0.2, 0.25) is 0 Å². The summed E-state index contributed by atoms with van der Waals surface area (Å²) in [4.78, 5) is 16.5. The van der Waals surface area contributed by atoms with Crippen molar-refractivity contribution in [2.75, 3.05) is 7.11 Å². The Balaban J connectivity index is 0.00000243. The van der Waals surface area contributed by atoms with Crippen molar-refractivity contribution in [2.45, 2.75) is 0 Å². The van der Waals surface area contributed by atoms with Crippen LogP contribution in [0.3, 0.4) is 0 Å². The number of pyridine rings is 1. The average Bonchev–Trinajstić information content (AvgIpc) is 2.69. The number of hydrazone groups is 1. The molecule has 0 saturated carbocycles. The third-order valence-electron chi connectivity index (χ3n) is 3.62. The fraction of sp³-hybridized carbons (Fsp3) is 0.0500. The van der Waals surface area contributed by atoms with Crippen LogP contribution in [0.1, 0.15) is 21.5 Å². The lowest BCUT2D eigenvalue weighted by molar-refractivity contribution is 0.0952. The first-order chi connectivity index (χ1) is 12.3. The number of ether oxygens (including phenoxy) is 1. The summed E-state index contributed by atoms with van der Waals surface area (Å²) in [6.45, 7) is 0. The van der Waals surface area contributed by atoms with Gasteiger partial charge in [0, 0.05) is 23.5 Å². The molecule has 0 bridgehead atoms. The lowest BCUT2D eigenvalue weighted by Crippen LogP contribution is -2.21. The molecule has 0 spiro atoms. The largest absolute Gasteiger partial charge is 0.496 e. The summed E-state index contributed by atoms with van der Waals surface area (Å²) in [7, 11) is 1.53. The van der Waals surface area contributed by atoms with Gasteiger partial charge in [-0.1, -0.05) is 42.5 Å². The molecule has 0 aliphatic carbocycles. The lowest BCUT2D eigenvalue weighted by atomic mass is 10.0. The molecule has 0 saturated heterocycles. The molecule has 1 aromatic heterocycles. The van der Waals surface area contributed by atoms with Crippen molar-refractivity contribution < 1.29 is 9.53 Å². The first-order valence-electron chi connectivity index (χ1n) is 7.76. The normalized spacial score (nSPS) is 10.6. The quantitative estimate of drug-likeness (QED) is 0.552. The van der Waals surface area contributed by atoms with Crippen LogP contribution in [0.25, 0.3) is 0 Å². The fourth-order valence-electron chi connectivity index (χ4n) is 2.40. The SMILES string of the molecule is COc1ccccc1C(=O)NN=C(c1ccccc1)c1ccncc1.Cl. The van der Waals surface area contributed by atoms with E-state index in [1.807, 2.05) is 48.5 Å². The van der Waals surface area contributed by atoms with E-state index in [1.54, 1.807) is 30.6 Å². The van der Waals surface area contributed by atoms with Crippen LogP contribution < -0.4 is 10.2 Å². The average molecular weight is 368 g/mol. The zero-order chi connectivity index (χ0) is 17.5. The smallest absolute Gasteiger partial charge is 0.275 e. The van der Waals surface area contributed by atoms with Gasteiger partial charge in [0.1, 0.15) is 5.75 Å². The van der Waals surface area contributed by atoms with E-state index in [-0.39, 0.29) is 18.3 Å². The molecule has 0 aliphatic heterocycles. The summed E-state index contributed by atoms with van der Waals surface area (Å²) < 4.78 is 5.22. The molecule has 26 heavy (non-hydrogen) atoms. The first-order valence-corrected chi connectivity index (χ1v) is 7.76. The van der Waals surface area contributed by atoms with Gasteiger partial charge in [0.2, 0.25) is 0 Å². The zero-order valence-corrected chi connectivity index (χ0v) is 14.9. The highest BCUT2D eigenvalue weighted by molar-refractivity contribution is 6.13. The Hall–Kier alpha value is -3.18. The molecule has 2 aromatic carbocycles. The fourth-order valence-corrected chi connectivity index (χ4v) is 2.40. The predicted octanol–water partition coefficient (Wildman–Crippen LogP) is 3.69. The number of methoxy groups -OCH3 is 1. The lowest BCUT2D eigenvalue weighted by Gasteiger charge is -2.09. The van der Waals surface area contributed by atoms with Crippen molar-refractivity contribution in [3.8, 4) is 5.75 Å². The molecule has 1 N–H and O–H groups in total. The molecule has 132 valence electrons. The minimum absolute atomic E-state index is 0. The maximum absolute atomic E-state index is 12.5. The molecule has 3 rings (SSSR count). The maximum atomic E-state index is 12.5. The number of benzene rings is 2. The highest BCUT2D eigenvalue weighted by Gasteiger charge is 2.12. The van der Waals surface area contributed by atoms with Gasteiger partial charge in [0.05, 0.1) is 18.4 Å². The Morgan fingerprint density at radius 3 is 2.23 bits per heavy atom. The number of para-hydroxylation sites is 1. The number of nitrogens with one attached hydrogen (secondary N) is 1. The molecule has 0 fully saturated rings. The number of hydrogen-bond acceptors (Lipinski definition) is 4. The van der Waals surface area contributed by atoms with E-state index in [0.29, 0.717) is 17.0 Å². The van der Waals surface area contributed by atoms with Crippen molar-refractivity contribution in [1.82, 2.24) is 10.4 Å². The van der Waals surface area contributed by atoms with Crippen LogP contribution in [-0.2, 0) is 0 Å². The number of aromatic nitrogens is 1. The Bertz CT molecular complexity index is 842. The van der Waals surface area contributed by atoms with E-state index in [1.165, 1.54) is 7.11 Å². The Morgan fingerprint density at radius 2 is 1.54 bits per heavy atom. The van der Waals surface area contributed by atoms with Crippen molar-refractivity contribution in [2.24, 2.45) is 5.10 Å². The van der Waals surface area contributed by atoms with Gasteiger partial charge in [-0.05, 0) is 24.3 Å². The molecule has 1 amide bonds. The van der Waals surface area contributed by atoms with Gasteiger partial charge in [-0.15, -0.1) is 12.4 Å². The topological polar surface area (TPSA) is 63.6 Å². The first kappa shape index (κ1) is 19.1. The van der Waals surface area contributed by atoms with Crippen LogP contribution in [0.15, 0.2) is 84.2 Å². The van der Waals surface area contributed by atoms with Crippen LogP contribution in [0.4, 0.5) is 0 Å². The van der Waals surface area contributed by atoms with Crippen LogP contribution >= 0.6 is 12.4 Å². The van der Waals surface area contributed by atoms with Crippen LogP contribution in [0.5, 0.6) is 5.75 Å². The van der Waals surface area contributed by atoms with Crippen LogP contribution in [-0.4, -0.2) is 23.7 Å². The summed E-state index contributed by atoms with van der Waals surface area (Å²) >= 11 is 0. The second-order valence-electron chi connectivity index (χ2n) is 5.20. The molecular weight excluding hydrogens is 350 g/mol. The number of carbonyl (C=O) groups is 1. The number of hydrogen-bond donors (Lipinski definition) is 1. The summed E-state index contributed by atoms with van der Waals surface area (Å²) in [5, 5.41) is 4.35. The maximum Gasteiger partial charge on any atom is 0.275 e. The Labute approximate surface area is 158 Å². The second-order valence-corrected chi connectivity index (χ2v) is 5.20. The molecule has 0 unspecified atom stereocenters. The number of carbonyl (C=O) groups excluding carboxylic acids is 1. The van der Waals surface area contributed by atoms with Gasteiger partial charge in [0.15, 0.2) is 0 Å². The van der Waals surface area contributed by atoms with Gasteiger partial charge in [0.25, 0.3) is 5.91 Å². The van der Waals surface area contributed by atoms with Crippen molar-refractivity contribution in [3.05, 3.63) is 95.8 Å². The molecule has 5 nitrogen and oxygen atoms in total. The third kappa shape index (κ3) is 4.46. The Morgan fingerprint density at radius 1 is 0.923 bits per heavy atom. The molecular formula is C20H18ClN3O2. The monoisotopic (exact) mass is 367 g/mol. The van der Waals surface area contributed by atoms with Crippen molar-refractivity contribution in [3.63, 3.8) is 0 Å². The number of halogens is 1. The summed E-state index contributed by atoms with van der Waals surface area (Å²) in [6, 6.07) is 20.4. The van der Waals surface area contributed by atoms with Crippen molar-refractivity contribution >= 4 is 24.0 Å². The van der Waals surface area contributed by atoms with Gasteiger partial charge < -0.3 is 4.74 Å². The molecule has 1 heterocycles. The van der Waals surface area contributed by atoms with Crippen molar-refractivity contribution in [1.29, 1.82) is 0 Å². The summed E-state index contributed by atoms with van der Waals surface area (Å²) in [6.07, 6.45) is 3.38. The molecule has 0 radical (unpaired) electrons. The Kier molecular flexibility index (Phi) is 6.88. The highest BCUT2D eigenvalue weighted by Crippen LogP contribution is 2.17. The number of rotatable bonds is 5. The molecule has 3 aromatic rings. The van der Waals surface area contributed by atoms with Gasteiger partial charge in [-0.25, -0.2) is 5.43 Å². The van der Waals surface area contributed by atoms with E-state index < -0.39 is 0 Å². The van der Waals surface area contributed by atoms with E-state index >= 15 is 0 Å². The highest BCUT2D eigenvalue weighted by atomic mass is 35.5. The van der Waals surface area contributed by atoms with E-state index in [2.05, 4.69) is 15.5 Å². The van der Waals surface area contributed by atoms with Crippen LogP contribution in [0, 0.1) is 0 Å².